The Morgan fingerprint density at radius 3 is 2.69 bits per heavy atom. The highest BCUT2D eigenvalue weighted by Crippen LogP contribution is 2.45. The summed E-state index contributed by atoms with van der Waals surface area (Å²) < 4.78 is 13.2. The van der Waals surface area contributed by atoms with E-state index in [9.17, 15) is 9.18 Å². The summed E-state index contributed by atoms with van der Waals surface area (Å²) in [6.45, 7) is 4.10. The zero-order valence-corrected chi connectivity index (χ0v) is 9.59. The monoisotopic (exact) mass is 221 g/mol. The summed E-state index contributed by atoms with van der Waals surface area (Å²) >= 11 is 0. The topological polar surface area (TPSA) is 29.1 Å². The van der Waals surface area contributed by atoms with Crippen LogP contribution in [0, 0.1) is 5.82 Å². The van der Waals surface area contributed by atoms with E-state index in [2.05, 4.69) is 19.2 Å². The lowest BCUT2D eigenvalue weighted by Gasteiger charge is -2.31. The highest BCUT2D eigenvalue weighted by molar-refractivity contribution is 5.76. The van der Waals surface area contributed by atoms with Crippen LogP contribution >= 0.6 is 0 Å². The van der Waals surface area contributed by atoms with Crippen molar-refractivity contribution in [1.82, 2.24) is 0 Å². The molecule has 2 nitrogen and oxygen atoms in total. The van der Waals surface area contributed by atoms with Crippen molar-refractivity contribution >= 4 is 12.0 Å². The SMILES string of the molecule is CCC1(CC)Nc2ccc(F)cc2C1C=O. The Morgan fingerprint density at radius 2 is 2.12 bits per heavy atom. The number of nitrogens with one attached hydrogen (secondary N) is 1. The van der Waals surface area contributed by atoms with Crippen molar-refractivity contribution in [1.29, 1.82) is 0 Å². The fraction of sp³-hybridized carbons (Fsp3) is 0.462. The molecule has 16 heavy (non-hydrogen) atoms. The van der Waals surface area contributed by atoms with Crippen LogP contribution in [0.25, 0.3) is 0 Å². The summed E-state index contributed by atoms with van der Waals surface area (Å²) in [6.07, 6.45) is 2.64. The summed E-state index contributed by atoms with van der Waals surface area (Å²) in [5, 5.41) is 3.38. The molecule has 0 saturated heterocycles. The normalized spacial score (nSPS) is 21.3. The molecule has 1 N–H and O–H groups in total. The molecule has 0 bridgehead atoms. The second kappa shape index (κ2) is 3.89. The van der Waals surface area contributed by atoms with Gasteiger partial charge < -0.3 is 10.1 Å². The Balaban J connectivity index is 2.51. The predicted octanol–water partition coefficient (Wildman–Crippen LogP) is 3.09. The highest BCUT2D eigenvalue weighted by Gasteiger charge is 2.43. The van der Waals surface area contributed by atoms with Gasteiger partial charge in [-0.3, -0.25) is 0 Å². The van der Waals surface area contributed by atoms with E-state index in [-0.39, 0.29) is 17.3 Å². The zero-order valence-electron chi connectivity index (χ0n) is 9.59. The van der Waals surface area contributed by atoms with Gasteiger partial charge in [0.25, 0.3) is 0 Å². The van der Waals surface area contributed by atoms with Gasteiger partial charge in [0.15, 0.2) is 0 Å². The number of hydrogen-bond acceptors (Lipinski definition) is 2. The van der Waals surface area contributed by atoms with E-state index in [1.807, 2.05) is 0 Å². The van der Waals surface area contributed by atoms with E-state index in [1.165, 1.54) is 12.1 Å². The van der Waals surface area contributed by atoms with Crippen LogP contribution in [0.5, 0.6) is 0 Å². The Labute approximate surface area is 94.9 Å². The van der Waals surface area contributed by atoms with Crippen LogP contribution in [0.3, 0.4) is 0 Å². The van der Waals surface area contributed by atoms with E-state index >= 15 is 0 Å². The van der Waals surface area contributed by atoms with Crippen LogP contribution in [0.1, 0.15) is 38.2 Å². The summed E-state index contributed by atoms with van der Waals surface area (Å²) in [4.78, 5) is 11.3. The van der Waals surface area contributed by atoms with Gasteiger partial charge in [0, 0.05) is 5.69 Å². The number of hydrogen-bond donors (Lipinski definition) is 1. The van der Waals surface area contributed by atoms with Gasteiger partial charge >= 0.3 is 0 Å². The summed E-state index contributed by atoms with van der Waals surface area (Å²) in [5.41, 5.74) is 1.44. The van der Waals surface area contributed by atoms with E-state index < -0.39 is 0 Å². The van der Waals surface area contributed by atoms with Crippen molar-refractivity contribution in [3.05, 3.63) is 29.6 Å². The number of carbonyl (C=O) groups excluding carboxylic acids is 1. The van der Waals surface area contributed by atoms with Crippen LogP contribution in [-0.4, -0.2) is 11.8 Å². The van der Waals surface area contributed by atoms with E-state index in [4.69, 9.17) is 0 Å². The second-order valence-corrected chi connectivity index (χ2v) is 4.33. The van der Waals surface area contributed by atoms with Crippen molar-refractivity contribution in [2.45, 2.75) is 38.1 Å². The molecule has 0 aliphatic carbocycles. The molecule has 0 aromatic heterocycles. The van der Waals surface area contributed by atoms with Gasteiger partial charge in [0.2, 0.25) is 0 Å². The van der Waals surface area contributed by atoms with Gasteiger partial charge in [-0.2, -0.15) is 0 Å². The van der Waals surface area contributed by atoms with Crippen molar-refractivity contribution in [2.24, 2.45) is 0 Å². The molecule has 0 radical (unpaired) electrons. The zero-order chi connectivity index (χ0) is 11.8. The first-order valence-electron chi connectivity index (χ1n) is 5.69. The van der Waals surface area contributed by atoms with Crippen LogP contribution < -0.4 is 5.32 Å². The standard InChI is InChI=1S/C13H16FNO/c1-3-13(4-2)11(8-16)10-7-9(14)5-6-12(10)15-13/h5-8,11,15H,3-4H2,1-2H3. The number of carbonyl (C=O) groups is 1. The molecule has 0 saturated carbocycles. The minimum Gasteiger partial charge on any atom is -0.378 e. The molecule has 1 unspecified atom stereocenters. The Kier molecular flexibility index (Phi) is 2.70. The van der Waals surface area contributed by atoms with Crippen molar-refractivity contribution < 1.29 is 9.18 Å². The van der Waals surface area contributed by atoms with Crippen LogP contribution in [0.2, 0.25) is 0 Å². The largest absolute Gasteiger partial charge is 0.378 e. The molecule has 3 heteroatoms. The molecule has 1 aliphatic rings. The third-order valence-corrected chi connectivity index (χ3v) is 3.73. The Hall–Kier alpha value is -1.38. The number of fused-ring (bicyclic) bond motifs is 1. The van der Waals surface area contributed by atoms with E-state index in [1.54, 1.807) is 6.07 Å². The molecule has 1 atom stereocenters. The minimum absolute atomic E-state index is 0.238. The number of aldehydes is 1. The van der Waals surface area contributed by atoms with Crippen LogP contribution in [0.15, 0.2) is 18.2 Å². The molecule has 0 amide bonds. The lowest BCUT2D eigenvalue weighted by molar-refractivity contribution is -0.110. The molecule has 1 aromatic carbocycles. The van der Waals surface area contributed by atoms with Gasteiger partial charge in [-0.15, -0.1) is 0 Å². The first-order valence-corrected chi connectivity index (χ1v) is 5.69. The van der Waals surface area contributed by atoms with Gasteiger partial charge in [0.05, 0.1) is 11.5 Å². The lowest BCUT2D eigenvalue weighted by atomic mass is 9.80. The summed E-state index contributed by atoms with van der Waals surface area (Å²) in [6, 6.07) is 4.61. The van der Waals surface area contributed by atoms with Crippen molar-refractivity contribution in [3.63, 3.8) is 0 Å². The molecular formula is C13H16FNO. The maximum absolute atomic E-state index is 13.2. The third kappa shape index (κ3) is 1.42. The second-order valence-electron chi connectivity index (χ2n) is 4.33. The average molecular weight is 221 g/mol. The smallest absolute Gasteiger partial charge is 0.129 e. The fourth-order valence-electron chi connectivity index (χ4n) is 2.62. The first kappa shape index (κ1) is 11.1. The first-order chi connectivity index (χ1) is 7.66. The molecule has 2 rings (SSSR count). The maximum Gasteiger partial charge on any atom is 0.129 e. The molecule has 1 aromatic rings. The predicted molar refractivity (Wildman–Crippen MR) is 62.1 cm³/mol. The van der Waals surface area contributed by atoms with Gasteiger partial charge in [0.1, 0.15) is 12.1 Å². The highest BCUT2D eigenvalue weighted by atomic mass is 19.1. The Bertz CT molecular complexity index is 412. The van der Waals surface area contributed by atoms with Crippen molar-refractivity contribution in [3.8, 4) is 0 Å². The number of halogens is 1. The average Bonchev–Trinajstić information content (AvgIpc) is 2.62. The molecule has 0 fully saturated rings. The van der Waals surface area contributed by atoms with E-state index in [0.717, 1.165) is 30.4 Å². The molecule has 86 valence electrons. The van der Waals surface area contributed by atoms with Crippen LogP contribution in [0.4, 0.5) is 10.1 Å². The fourth-order valence-corrected chi connectivity index (χ4v) is 2.62. The Morgan fingerprint density at radius 1 is 1.44 bits per heavy atom. The van der Waals surface area contributed by atoms with Crippen molar-refractivity contribution in [2.75, 3.05) is 5.32 Å². The molecular weight excluding hydrogens is 205 g/mol. The number of anilines is 1. The number of benzene rings is 1. The lowest BCUT2D eigenvalue weighted by Crippen LogP contribution is -2.38. The third-order valence-electron chi connectivity index (χ3n) is 3.73. The van der Waals surface area contributed by atoms with Gasteiger partial charge in [-0.25, -0.2) is 4.39 Å². The van der Waals surface area contributed by atoms with E-state index in [0.29, 0.717) is 0 Å². The summed E-state index contributed by atoms with van der Waals surface area (Å²) in [7, 11) is 0. The summed E-state index contributed by atoms with van der Waals surface area (Å²) in [5.74, 6) is -0.524. The van der Waals surface area contributed by atoms with Gasteiger partial charge in [-0.1, -0.05) is 13.8 Å². The maximum atomic E-state index is 13.2. The quantitative estimate of drug-likeness (QED) is 0.795. The number of rotatable bonds is 3. The van der Waals surface area contributed by atoms with Gasteiger partial charge in [-0.05, 0) is 36.6 Å². The molecule has 1 aliphatic heterocycles. The molecule has 0 spiro atoms. The minimum atomic E-state index is -0.282. The van der Waals surface area contributed by atoms with Crippen LogP contribution in [-0.2, 0) is 4.79 Å². The molecule has 1 heterocycles.